The molecule has 1 heterocycles. The number of nitrogens with one attached hydrogen (secondary N) is 1. The van der Waals surface area contributed by atoms with Crippen LogP contribution >= 0.6 is 0 Å². The number of piperidine rings is 1. The Bertz CT molecular complexity index is 161. The lowest BCUT2D eigenvalue weighted by Gasteiger charge is -2.37. The van der Waals surface area contributed by atoms with Crippen LogP contribution in [-0.4, -0.2) is 48.3 Å². The first-order valence-corrected chi connectivity index (χ1v) is 5.77. The lowest BCUT2D eigenvalue weighted by Crippen LogP contribution is -2.49. The molecular formula is C11H24N2O. The van der Waals surface area contributed by atoms with Crippen LogP contribution in [0.3, 0.4) is 0 Å². The predicted molar refractivity (Wildman–Crippen MR) is 59.4 cm³/mol. The minimum absolute atomic E-state index is 0.196. The molecule has 14 heavy (non-hydrogen) atoms. The smallest absolute Gasteiger partial charge is 0.0639 e. The molecule has 0 aromatic heterocycles. The summed E-state index contributed by atoms with van der Waals surface area (Å²) in [5, 5.41) is 12.8. The summed E-state index contributed by atoms with van der Waals surface area (Å²) in [6, 6.07) is 0.672. The Hall–Kier alpha value is -0.120. The van der Waals surface area contributed by atoms with Crippen molar-refractivity contribution in [3.8, 4) is 0 Å². The van der Waals surface area contributed by atoms with Crippen LogP contribution in [0, 0.1) is 5.92 Å². The van der Waals surface area contributed by atoms with Crippen molar-refractivity contribution in [3.05, 3.63) is 0 Å². The van der Waals surface area contributed by atoms with Gasteiger partial charge in [0.2, 0.25) is 0 Å². The molecule has 84 valence electrons. The Balaban J connectivity index is 2.31. The Kier molecular flexibility index (Phi) is 4.85. The van der Waals surface area contributed by atoms with Gasteiger partial charge >= 0.3 is 0 Å². The average molecular weight is 200 g/mol. The largest absolute Gasteiger partial charge is 0.392 e. The van der Waals surface area contributed by atoms with Gasteiger partial charge in [0.25, 0.3) is 0 Å². The van der Waals surface area contributed by atoms with E-state index < -0.39 is 0 Å². The molecule has 0 bridgehead atoms. The third kappa shape index (κ3) is 3.56. The molecule has 1 rings (SSSR count). The van der Waals surface area contributed by atoms with Crippen LogP contribution in [0.5, 0.6) is 0 Å². The first-order valence-electron chi connectivity index (χ1n) is 5.77. The third-order valence-corrected chi connectivity index (χ3v) is 2.98. The summed E-state index contributed by atoms with van der Waals surface area (Å²) in [5.74, 6) is 0.697. The molecule has 0 radical (unpaired) electrons. The maximum Gasteiger partial charge on any atom is 0.0639 e. The Labute approximate surface area is 87.5 Å². The maximum atomic E-state index is 9.30. The molecule has 0 aliphatic carbocycles. The van der Waals surface area contributed by atoms with E-state index in [1.807, 2.05) is 6.92 Å². The number of likely N-dealkylation sites (tertiary alicyclic amines) is 1. The molecule has 3 heteroatoms. The number of aliphatic hydroxyl groups excluding tert-OH is 1. The summed E-state index contributed by atoms with van der Waals surface area (Å²) >= 11 is 0. The van der Waals surface area contributed by atoms with E-state index in [4.69, 9.17) is 0 Å². The van der Waals surface area contributed by atoms with Gasteiger partial charge in [-0.05, 0) is 32.4 Å². The van der Waals surface area contributed by atoms with E-state index in [1.54, 1.807) is 0 Å². The first-order chi connectivity index (χ1) is 6.63. The topological polar surface area (TPSA) is 35.5 Å². The molecule has 1 aliphatic heterocycles. The predicted octanol–water partition coefficient (Wildman–Crippen LogP) is 0.687. The van der Waals surface area contributed by atoms with E-state index >= 15 is 0 Å². The molecule has 0 spiro atoms. The van der Waals surface area contributed by atoms with Crippen molar-refractivity contribution < 1.29 is 5.11 Å². The number of rotatable bonds is 4. The molecule has 3 nitrogen and oxygen atoms in total. The molecule has 0 saturated carbocycles. The van der Waals surface area contributed by atoms with Gasteiger partial charge in [-0.25, -0.2) is 0 Å². The maximum absolute atomic E-state index is 9.30. The average Bonchev–Trinajstić information content (AvgIpc) is 2.09. The fourth-order valence-electron chi connectivity index (χ4n) is 2.34. The molecule has 0 aromatic carbocycles. The van der Waals surface area contributed by atoms with Crippen molar-refractivity contribution in [2.45, 2.75) is 39.3 Å². The molecule has 1 aliphatic rings. The van der Waals surface area contributed by atoms with Crippen LogP contribution in [0.4, 0.5) is 0 Å². The quantitative estimate of drug-likeness (QED) is 0.701. The van der Waals surface area contributed by atoms with Crippen LogP contribution < -0.4 is 5.32 Å². The fraction of sp³-hybridized carbons (Fsp3) is 1.00. The van der Waals surface area contributed by atoms with Crippen LogP contribution in [0.15, 0.2) is 0 Å². The minimum atomic E-state index is -0.196. The van der Waals surface area contributed by atoms with Gasteiger partial charge in [-0.15, -0.1) is 0 Å². The van der Waals surface area contributed by atoms with E-state index in [9.17, 15) is 5.11 Å². The molecule has 0 amide bonds. The molecule has 2 N–H and O–H groups in total. The number of hydrogen-bond donors (Lipinski definition) is 2. The SMILES string of the molecule is CCNC1CCN(CC(C)O)CC1C. The highest BCUT2D eigenvalue weighted by atomic mass is 16.3. The molecule has 1 saturated heterocycles. The highest BCUT2D eigenvalue weighted by Crippen LogP contribution is 2.16. The van der Waals surface area contributed by atoms with Crippen molar-refractivity contribution in [2.75, 3.05) is 26.2 Å². The summed E-state index contributed by atoms with van der Waals surface area (Å²) in [6.45, 7) is 10.4. The molecular weight excluding hydrogens is 176 g/mol. The van der Waals surface area contributed by atoms with Gasteiger partial charge in [-0.3, -0.25) is 0 Å². The van der Waals surface area contributed by atoms with Crippen molar-refractivity contribution in [1.29, 1.82) is 0 Å². The zero-order valence-corrected chi connectivity index (χ0v) is 9.66. The first kappa shape index (κ1) is 12.0. The highest BCUT2D eigenvalue weighted by Gasteiger charge is 2.25. The van der Waals surface area contributed by atoms with E-state index in [0.29, 0.717) is 12.0 Å². The second kappa shape index (κ2) is 5.69. The normalized spacial score (nSPS) is 31.7. The number of nitrogens with zero attached hydrogens (tertiary/aromatic N) is 1. The van der Waals surface area contributed by atoms with Crippen molar-refractivity contribution in [3.63, 3.8) is 0 Å². The number of β-amino-alcohol motifs (C(OH)–C–C–N with tert-alkyl or cyclic N) is 1. The Morgan fingerprint density at radius 2 is 2.29 bits per heavy atom. The second-order valence-electron chi connectivity index (χ2n) is 4.54. The van der Waals surface area contributed by atoms with E-state index in [-0.39, 0.29) is 6.10 Å². The molecule has 3 unspecified atom stereocenters. The Morgan fingerprint density at radius 1 is 1.57 bits per heavy atom. The van der Waals surface area contributed by atoms with Gasteiger partial charge in [0.15, 0.2) is 0 Å². The fourth-order valence-corrected chi connectivity index (χ4v) is 2.34. The van der Waals surface area contributed by atoms with Crippen LogP contribution in [0.25, 0.3) is 0 Å². The van der Waals surface area contributed by atoms with E-state index in [0.717, 1.165) is 26.2 Å². The lowest BCUT2D eigenvalue weighted by atomic mass is 9.93. The van der Waals surface area contributed by atoms with Gasteiger partial charge in [-0.2, -0.15) is 0 Å². The second-order valence-corrected chi connectivity index (χ2v) is 4.54. The van der Waals surface area contributed by atoms with Gasteiger partial charge in [0.05, 0.1) is 6.10 Å². The van der Waals surface area contributed by atoms with Gasteiger partial charge < -0.3 is 15.3 Å². The number of hydrogen-bond acceptors (Lipinski definition) is 3. The van der Waals surface area contributed by atoms with Gasteiger partial charge in [-0.1, -0.05) is 13.8 Å². The minimum Gasteiger partial charge on any atom is -0.392 e. The van der Waals surface area contributed by atoms with Crippen LogP contribution in [0.2, 0.25) is 0 Å². The third-order valence-electron chi connectivity index (χ3n) is 2.98. The van der Waals surface area contributed by atoms with Crippen LogP contribution in [0.1, 0.15) is 27.2 Å². The van der Waals surface area contributed by atoms with E-state index in [1.165, 1.54) is 6.42 Å². The summed E-state index contributed by atoms with van der Waals surface area (Å²) in [7, 11) is 0. The standard InChI is InChI=1S/C11H24N2O/c1-4-12-11-5-6-13(7-9(11)2)8-10(3)14/h9-12,14H,4-8H2,1-3H3. The summed E-state index contributed by atoms with van der Waals surface area (Å²) in [4.78, 5) is 2.36. The Morgan fingerprint density at radius 3 is 2.79 bits per heavy atom. The monoisotopic (exact) mass is 200 g/mol. The lowest BCUT2D eigenvalue weighted by molar-refractivity contribution is 0.0848. The zero-order chi connectivity index (χ0) is 10.6. The number of aliphatic hydroxyl groups is 1. The zero-order valence-electron chi connectivity index (χ0n) is 9.66. The van der Waals surface area contributed by atoms with Gasteiger partial charge in [0.1, 0.15) is 0 Å². The summed E-state index contributed by atoms with van der Waals surface area (Å²) in [6.07, 6.45) is 1.01. The molecule has 3 atom stereocenters. The summed E-state index contributed by atoms with van der Waals surface area (Å²) < 4.78 is 0. The van der Waals surface area contributed by atoms with Crippen molar-refractivity contribution >= 4 is 0 Å². The molecule has 1 fully saturated rings. The summed E-state index contributed by atoms with van der Waals surface area (Å²) in [5.41, 5.74) is 0. The molecule has 0 aromatic rings. The highest BCUT2D eigenvalue weighted by molar-refractivity contribution is 4.82. The van der Waals surface area contributed by atoms with Gasteiger partial charge in [0, 0.05) is 19.1 Å². The van der Waals surface area contributed by atoms with Crippen molar-refractivity contribution in [1.82, 2.24) is 10.2 Å². The van der Waals surface area contributed by atoms with Crippen molar-refractivity contribution in [2.24, 2.45) is 5.92 Å². The van der Waals surface area contributed by atoms with E-state index in [2.05, 4.69) is 24.1 Å². The van der Waals surface area contributed by atoms with Crippen LogP contribution in [-0.2, 0) is 0 Å².